The van der Waals surface area contributed by atoms with Gasteiger partial charge in [-0.3, -0.25) is 0 Å². The summed E-state index contributed by atoms with van der Waals surface area (Å²) in [4.78, 5) is 2.65. The van der Waals surface area contributed by atoms with Gasteiger partial charge in [-0.25, -0.2) is 0 Å². The lowest BCUT2D eigenvalue weighted by molar-refractivity contribution is 0.121. The van der Waals surface area contributed by atoms with E-state index in [2.05, 4.69) is 51.8 Å². The first-order valence-corrected chi connectivity index (χ1v) is 7.25. The van der Waals surface area contributed by atoms with Crippen LogP contribution in [-0.2, 0) is 0 Å². The van der Waals surface area contributed by atoms with E-state index >= 15 is 0 Å². The predicted octanol–water partition coefficient (Wildman–Crippen LogP) is 2.99. The molecule has 3 atom stereocenters. The molecule has 17 heavy (non-hydrogen) atoms. The fraction of sp³-hybridized carbons (Fsp3) is 1.00. The molecule has 0 amide bonds. The van der Waals surface area contributed by atoms with E-state index in [0.29, 0.717) is 0 Å². The van der Waals surface area contributed by atoms with Crippen molar-refractivity contribution in [3.05, 3.63) is 0 Å². The van der Waals surface area contributed by atoms with Gasteiger partial charge in [-0.2, -0.15) is 0 Å². The Labute approximate surface area is 108 Å². The Morgan fingerprint density at radius 1 is 1.24 bits per heavy atom. The monoisotopic (exact) mass is 240 g/mol. The summed E-state index contributed by atoms with van der Waals surface area (Å²) >= 11 is 0. The Morgan fingerprint density at radius 2 is 1.88 bits per heavy atom. The largest absolute Gasteiger partial charge is 0.312 e. The molecule has 0 aromatic rings. The number of piperidine rings is 1. The van der Waals surface area contributed by atoms with E-state index in [9.17, 15) is 0 Å². The molecule has 102 valence electrons. The Morgan fingerprint density at radius 3 is 2.41 bits per heavy atom. The van der Waals surface area contributed by atoms with Crippen molar-refractivity contribution < 1.29 is 0 Å². The molecule has 0 spiro atoms. The summed E-state index contributed by atoms with van der Waals surface area (Å²) in [5.74, 6) is 2.52. The van der Waals surface area contributed by atoms with Crippen LogP contribution in [0.25, 0.3) is 0 Å². The standard InChI is InChI=1S/C15H32N2/c1-12(9-16-15(4,5)6)10-17-8-7-13(2)14(3)11-17/h12-14,16H,7-11H2,1-6H3. The minimum Gasteiger partial charge on any atom is -0.312 e. The molecule has 2 nitrogen and oxygen atoms in total. The molecule has 3 unspecified atom stereocenters. The third-order valence-electron chi connectivity index (χ3n) is 3.97. The lowest BCUT2D eigenvalue weighted by Crippen LogP contribution is -2.44. The van der Waals surface area contributed by atoms with Crippen molar-refractivity contribution >= 4 is 0 Å². The third-order valence-corrected chi connectivity index (χ3v) is 3.97. The summed E-state index contributed by atoms with van der Waals surface area (Å²) in [6.07, 6.45) is 1.38. The van der Waals surface area contributed by atoms with Crippen molar-refractivity contribution in [2.75, 3.05) is 26.2 Å². The van der Waals surface area contributed by atoms with Crippen LogP contribution >= 0.6 is 0 Å². The van der Waals surface area contributed by atoms with Crippen LogP contribution in [0.4, 0.5) is 0 Å². The quantitative estimate of drug-likeness (QED) is 0.812. The van der Waals surface area contributed by atoms with E-state index in [1.165, 1.54) is 26.1 Å². The molecule has 1 saturated heterocycles. The number of likely N-dealkylation sites (tertiary alicyclic amines) is 1. The molecule has 1 N–H and O–H groups in total. The van der Waals surface area contributed by atoms with Crippen LogP contribution in [0.15, 0.2) is 0 Å². The first-order valence-electron chi connectivity index (χ1n) is 7.25. The van der Waals surface area contributed by atoms with E-state index < -0.39 is 0 Å². The number of hydrogen-bond acceptors (Lipinski definition) is 2. The molecule has 0 aliphatic carbocycles. The van der Waals surface area contributed by atoms with Gasteiger partial charge < -0.3 is 10.2 Å². The zero-order valence-electron chi connectivity index (χ0n) is 12.7. The highest BCUT2D eigenvalue weighted by atomic mass is 15.1. The van der Waals surface area contributed by atoms with Crippen molar-refractivity contribution in [3.8, 4) is 0 Å². The van der Waals surface area contributed by atoms with Crippen LogP contribution in [0.3, 0.4) is 0 Å². The lowest BCUT2D eigenvalue weighted by atomic mass is 9.88. The maximum absolute atomic E-state index is 3.60. The van der Waals surface area contributed by atoms with Gasteiger partial charge in [0, 0.05) is 18.6 Å². The number of nitrogens with one attached hydrogen (secondary N) is 1. The average molecular weight is 240 g/mol. The van der Waals surface area contributed by atoms with Gasteiger partial charge in [0.2, 0.25) is 0 Å². The Balaban J connectivity index is 2.25. The summed E-state index contributed by atoms with van der Waals surface area (Å²) in [6, 6.07) is 0. The molecule has 1 rings (SSSR count). The van der Waals surface area contributed by atoms with E-state index in [1.807, 2.05) is 0 Å². The van der Waals surface area contributed by atoms with Crippen LogP contribution in [0, 0.1) is 17.8 Å². The van der Waals surface area contributed by atoms with Gasteiger partial charge in [-0.15, -0.1) is 0 Å². The molecule has 0 saturated carbocycles. The molecule has 1 fully saturated rings. The van der Waals surface area contributed by atoms with Gasteiger partial charge in [0.15, 0.2) is 0 Å². The fourth-order valence-corrected chi connectivity index (χ4v) is 2.50. The molecular weight excluding hydrogens is 208 g/mol. The molecule has 0 aromatic heterocycles. The van der Waals surface area contributed by atoms with Crippen molar-refractivity contribution in [3.63, 3.8) is 0 Å². The first-order chi connectivity index (χ1) is 7.78. The summed E-state index contributed by atoms with van der Waals surface area (Å²) in [7, 11) is 0. The van der Waals surface area contributed by atoms with Crippen LogP contribution < -0.4 is 5.32 Å². The van der Waals surface area contributed by atoms with Gasteiger partial charge in [0.05, 0.1) is 0 Å². The average Bonchev–Trinajstić information content (AvgIpc) is 2.20. The van der Waals surface area contributed by atoms with Crippen LogP contribution in [-0.4, -0.2) is 36.6 Å². The molecular formula is C15H32N2. The van der Waals surface area contributed by atoms with Gasteiger partial charge in [0.1, 0.15) is 0 Å². The Bertz CT molecular complexity index is 219. The topological polar surface area (TPSA) is 15.3 Å². The minimum absolute atomic E-state index is 0.248. The maximum atomic E-state index is 3.60. The van der Waals surface area contributed by atoms with Crippen LogP contribution in [0.1, 0.15) is 48.0 Å². The number of hydrogen-bond donors (Lipinski definition) is 1. The normalized spacial score (nSPS) is 29.3. The molecule has 0 bridgehead atoms. The molecule has 0 aromatic carbocycles. The van der Waals surface area contributed by atoms with E-state index in [0.717, 1.165) is 24.3 Å². The molecule has 2 heteroatoms. The van der Waals surface area contributed by atoms with Gasteiger partial charge in [-0.1, -0.05) is 20.8 Å². The van der Waals surface area contributed by atoms with Gasteiger partial charge >= 0.3 is 0 Å². The van der Waals surface area contributed by atoms with Gasteiger partial charge in [-0.05, 0) is 58.0 Å². The third kappa shape index (κ3) is 5.87. The molecule has 1 aliphatic rings. The Kier molecular flexibility index (Phi) is 5.46. The zero-order valence-corrected chi connectivity index (χ0v) is 12.7. The van der Waals surface area contributed by atoms with Crippen molar-refractivity contribution in [1.82, 2.24) is 10.2 Å². The van der Waals surface area contributed by atoms with E-state index in [-0.39, 0.29) is 5.54 Å². The van der Waals surface area contributed by atoms with Crippen LogP contribution in [0.5, 0.6) is 0 Å². The van der Waals surface area contributed by atoms with Crippen molar-refractivity contribution in [2.24, 2.45) is 17.8 Å². The first kappa shape index (κ1) is 15.0. The minimum atomic E-state index is 0.248. The SMILES string of the molecule is CC(CNC(C)(C)C)CN1CCC(C)C(C)C1. The van der Waals surface area contributed by atoms with Crippen molar-refractivity contribution in [2.45, 2.75) is 53.5 Å². The summed E-state index contributed by atoms with van der Waals surface area (Å²) in [5, 5.41) is 3.60. The fourth-order valence-electron chi connectivity index (χ4n) is 2.50. The summed E-state index contributed by atoms with van der Waals surface area (Å²) < 4.78 is 0. The van der Waals surface area contributed by atoms with E-state index in [4.69, 9.17) is 0 Å². The summed E-state index contributed by atoms with van der Waals surface area (Å²) in [6.45, 7) is 18.8. The highest BCUT2D eigenvalue weighted by Crippen LogP contribution is 2.22. The molecule has 0 radical (unpaired) electrons. The van der Waals surface area contributed by atoms with Crippen molar-refractivity contribution in [1.29, 1.82) is 0 Å². The Hall–Kier alpha value is -0.0800. The second-order valence-corrected chi connectivity index (χ2v) is 7.24. The highest BCUT2D eigenvalue weighted by Gasteiger charge is 2.23. The maximum Gasteiger partial charge on any atom is 0.00966 e. The summed E-state index contributed by atoms with van der Waals surface area (Å²) in [5.41, 5.74) is 0.248. The van der Waals surface area contributed by atoms with Gasteiger partial charge in [0.25, 0.3) is 0 Å². The second kappa shape index (κ2) is 6.19. The second-order valence-electron chi connectivity index (χ2n) is 7.24. The lowest BCUT2D eigenvalue weighted by Gasteiger charge is -2.37. The van der Waals surface area contributed by atoms with Crippen LogP contribution in [0.2, 0.25) is 0 Å². The highest BCUT2D eigenvalue weighted by molar-refractivity contribution is 4.78. The number of nitrogens with zero attached hydrogens (tertiary/aromatic N) is 1. The number of rotatable bonds is 4. The molecule has 1 heterocycles. The smallest absolute Gasteiger partial charge is 0.00966 e. The van der Waals surface area contributed by atoms with E-state index in [1.54, 1.807) is 0 Å². The predicted molar refractivity (Wildman–Crippen MR) is 76.3 cm³/mol. The zero-order chi connectivity index (χ0) is 13.1. The molecule has 1 aliphatic heterocycles.